The molecular formula is C12H12N2O3. The van der Waals surface area contributed by atoms with E-state index in [1.807, 2.05) is 0 Å². The van der Waals surface area contributed by atoms with Crippen molar-refractivity contribution < 1.29 is 14.7 Å². The number of rotatable bonds is 3. The van der Waals surface area contributed by atoms with Gasteiger partial charge < -0.3 is 15.4 Å². The summed E-state index contributed by atoms with van der Waals surface area (Å²) in [6.45, 7) is 1.70. The summed E-state index contributed by atoms with van der Waals surface area (Å²) >= 11 is 0. The van der Waals surface area contributed by atoms with Crippen molar-refractivity contribution in [3.63, 3.8) is 0 Å². The summed E-state index contributed by atoms with van der Waals surface area (Å²) in [6.07, 6.45) is 1.73. The van der Waals surface area contributed by atoms with Crippen LogP contribution in [0.25, 0.3) is 10.9 Å². The topological polar surface area (TPSA) is 85.3 Å². The Morgan fingerprint density at radius 1 is 1.35 bits per heavy atom. The van der Waals surface area contributed by atoms with E-state index in [1.54, 1.807) is 35.9 Å². The molecule has 1 aromatic heterocycles. The number of primary amides is 1. The second-order valence-corrected chi connectivity index (χ2v) is 3.88. The highest BCUT2D eigenvalue weighted by molar-refractivity contribution is 5.94. The first-order chi connectivity index (χ1) is 8.00. The molecule has 0 radical (unpaired) electrons. The van der Waals surface area contributed by atoms with Crippen molar-refractivity contribution in [3.05, 3.63) is 36.0 Å². The SMILES string of the molecule is CC(C(N)=O)n1ccc2cc(C(=O)O)ccc21. The highest BCUT2D eigenvalue weighted by Crippen LogP contribution is 2.21. The summed E-state index contributed by atoms with van der Waals surface area (Å²) in [6, 6.07) is 6.07. The monoisotopic (exact) mass is 232 g/mol. The van der Waals surface area contributed by atoms with Gasteiger partial charge in [0.05, 0.1) is 5.56 Å². The van der Waals surface area contributed by atoms with Crippen molar-refractivity contribution in [1.82, 2.24) is 4.57 Å². The standard InChI is InChI=1S/C12H12N2O3/c1-7(11(13)15)14-5-4-8-6-9(12(16)17)2-3-10(8)14/h2-7H,1H3,(H2,13,15)(H,16,17). The lowest BCUT2D eigenvalue weighted by Crippen LogP contribution is -2.23. The van der Waals surface area contributed by atoms with Crippen LogP contribution in [0.5, 0.6) is 0 Å². The van der Waals surface area contributed by atoms with Gasteiger partial charge in [0.15, 0.2) is 0 Å². The van der Waals surface area contributed by atoms with Gasteiger partial charge in [0.1, 0.15) is 6.04 Å². The van der Waals surface area contributed by atoms with Crippen LogP contribution in [0.3, 0.4) is 0 Å². The zero-order chi connectivity index (χ0) is 12.6. The number of carbonyl (C=O) groups excluding carboxylic acids is 1. The maximum absolute atomic E-state index is 11.1. The lowest BCUT2D eigenvalue weighted by atomic mass is 10.1. The third kappa shape index (κ3) is 1.87. The van der Waals surface area contributed by atoms with Crippen molar-refractivity contribution in [2.24, 2.45) is 5.73 Å². The van der Waals surface area contributed by atoms with E-state index in [4.69, 9.17) is 10.8 Å². The van der Waals surface area contributed by atoms with Crippen LogP contribution in [0.2, 0.25) is 0 Å². The second-order valence-electron chi connectivity index (χ2n) is 3.88. The van der Waals surface area contributed by atoms with Crippen LogP contribution in [-0.4, -0.2) is 21.6 Å². The zero-order valence-electron chi connectivity index (χ0n) is 9.25. The van der Waals surface area contributed by atoms with Gasteiger partial charge >= 0.3 is 5.97 Å². The molecular weight excluding hydrogens is 220 g/mol. The molecule has 0 aliphatic rings. The smallest absolute Gasteiger partial charge is 0.335 e. The van der Waals surface area contributed by atoms with Crippen molar-refractivity contribution >= 4 is 22.8 Å². The van der Waals surface area contributed by atoms with Crippen LogP contribution in [0.4, 0.5) is 0 Å². The van der Waals surface area contributed by atoms with Crippen molar-refractivity contribution in [2.45, 2.75) is 13.0 Å². The molecule has 0 spiro atoms. The van der Waals surface area contributed by atoms with E-state index in [0.717, 1.165) is 10.9 Å². The highest BCUT2D eigenvalue weighted by Gasteiger charge is 2.14. The van der Waals surface area contributed by atoms with Crippen LogP contribution in [0, 0.1) is 0 Å². The van der Waals surface area contributed by atoms with Crippen LogP contribution in [-0.2, 0) is 4.79 Å². The average molecular weight is 232 g/mol. The summed E-state index contributed by atoms with van der Waals surface area (Å²) in [5.74, 6) is -1.40. The Labute approximate surface area is 97.4 Å². The zero-order valence-corrected chi connectivity index (χ0v) is 9.25. The largest absolute Gasteiger partial charge is 0.478 e. The Bertz CT molecular complexity index is 601. The number of carbonyl (C=O) groups is 2. The molecule has 88 valence electrons. The van der Waals surface area contributed by atoms with Crippen LogP contribution < -0.4 is 5.73 Å². The van der Waals surface area contributed by atoms with E-state index in [0.29, 0.717) is 0 Å². The van der Waals surface area contributed by atoms with Gasteiger partial charge in [-0.05, 0) is 31.2 Å². The molecule has 0 saturated heterocycles. The van der Waals surface area contributed by atoms with Crippen LogP contribution in [0.15, 0.2) is 30.5 Å². The summed E-state index contributed by atoms with van der Waals surface area (Å²) in [5.41, 5.74) is 6.26. The quantitative estimate of drug-likeness (QED) is 0.838. The fourth-order valence-corrected chi connectivity index (χ4v) is 1.77. The van der Waals surface area contributed by atoms with Crippen LogP contribution >= 0.6 is 0 Å². The minimum Gasteiger partial charge on any atom is -0.478 e. The van der Waals surface area contributed by atoms with E-state index >= 15 is 0 Å². The predicted octanol–water partition coefficient (Wildman–Crippen LogP) is 1.39. The Kier molecular flexibility index (Phi) is 2.59. The molecule has 3 N–H and O–H groups in total. The van der Waals surface area contributed by atoms with Gasteiger partial charge in [0.25, 0.3) is 0 Å². The van der Waals surface area contributed by atoms with E-state index in [-0.39, 0.29) is 5.56 Å². The van der Waals surface area contributed by atoms with Gasteiger partial charge in [0.2, 0.25) is 5.91 Å². The molecule has 1 aromatic carbocycles. The predicted molar refractivity (Wildman–Crippen MR) is 62.8 cm³/mol. The molecule has 2 rings (SSSR count). The van der Waals surface area contributed by atoms with Crippen LogP contribution in [0.1, 0.15) is 23.3 Å². The summed E-state index contributed by atoms with van der Waals surface area (Å²) in [4.78, 5) is 21.9. The normalized spacial score (nSPS) is 12.5. The average Bonchev–Trinajstić information content (AvgIpc) is 2.70. The fraction of sp³-hybridized carbons (Fsp3) is 0.167. The summed E-state index contributed by atoms with van der Waals surface area (Å²) in [5, 5.41) is 9.64. The summed E-state index contributed by atoms with van der Waals surface area (Å²) < 4.78 is 1.73. The minimum atomic E-state index is -0.970. The molecule has 1 unspecified atom stereocenters. The molecule has 1 heterocycles. The van der Waals surface area contributed by atoms with Gasteiger partial charge in [-0.15, -0.1) is 0 Å². The number of carboxylic acids is 1. The van der Waals surface area contributed by atoms with E-state index in [1.165, 1.54) is 6.07 Å². The molecule has 0 aliphatic heterocycles. The van der Waals surface area contributed by atoms with Crippen molar-refractivity contribution in [1.29, 1.82) is 0 Å². The number of nitrogens with two attached hydrogens (primary N) is 1. The molecule has 0 fully saturated rings. The molecule has 5 nitrogen and oxygen atoms in total. The maximum atomic E-state index is 11.1. The third-order valence-electron chi connectivity index (χ3n) is 2.80. The number of amides is 1. The van der Waals surface area contributed by atoms with Gasteiger partial charge in [-0.1, -0.05) is 0 Å². The fourth-order valence-electron chi connectivity index (χ4n) is 1.77. The van der Waals surface area contributed by atoms with Gasteiger partial charge in [0, 0.05) is 17.1 Å². The van der Waals surface area contributed by atoms with E-state index < -0.39 is 17.9 Å². The molecule has 0 bridgehead atoms. The minimum absolute atomic E-state index is 0.224. The first kappa shape index (κ1) is 11.2. The Hall–Kier alpha value is -2.30. The third-order valence-corrected chi connectivity index (χ3v) is 2.80. The number of aromatic nitrogens is 1. The van der Waals surface area contributed by atoms with E-state index in [9.17, 15) is 9.59 Å². The highest BCUT2D eigenvalue weighted by atomic mass is 16.4. The number of aromatic carboxylic acids is 1. The number of nitrogens with zero attached hydrogens (tertiary/aromatic N) is 1. The Balaban J connectivity index is 2.56. The maximum Gasteiger partial charge on any atom is 0.335 e. The Morgan fingerprint density at radius 3 is 2.65 bits per heavy atom. The van der Waals surface area contributed by atoms with E-state index in [2.05, 4.69) is 0 Å². The number of benzene rings is 1. The van der Waals surface area contributed by atoms with Gasteiger partial charge in [-0.3, -0.25) is 4.79 Å². The molecule has 1 atom stereocenters. The number of hydrogen-bond donors (Lipinski definition) is 2. The molecule has 5 heteroatoms. The summed E-state index contributed by atoms with van der Waals surface area (Å²) in [7, 11) is 0. The number of fused-ring (bicyclic) bond motifs is 1. The first-order valence-corrected chi connectivity index (χ1v) is 5.14. The van der Waals surface area contributed by atoms with Gasteiger partial charge in [-0.2, -0.15) is 0 Å². The number of hydrogen-bond acceptors (Lipinski definition) is 2. The molecule has 0 aliphatic carbocycles. The number of carboxylic acid groups (broad SMARTS) is 1. The Morgan fingerprint density at radius 2 is 2.06 bits per heavy atom. The molecule has 1 amide bonds. The second kappa shape index (κ2) is 3.93. The lowest BCUT2D eigenvalue weighted by molar-refractivity contribution is -0.120. The molecule has 2 aromatic rings. The van der Waals surface area contributed by atoms with Crippen molar-refractivity contribution in [3.8, 4) is 0 Å². The molecule has 17 heavy (non-hydrogen) atoms. The lowest BCUT2D eigenvalue weighted by Gasteiger charge is -2.11. The first-order valence-electron chi connectivity index (χ1n) is 5.14. The van der Waals surface area contributed by atoms with Gasteiger partial charge in [-0.25, -0.2) is 4.79 Å². The molecule has 0 saturated carbocycles. The van der Waals surface area contributed by atoms with Crippen molar-refractivity contribution in [2.75, 3.05) is 0 Å².